The fraction of sp³-hybridized carbons (Fsp3) is 0.333. The average Bonchev–Trinajstić information content (AvgIpc) is 2.76. The summed E-state index contributed by atoms with van der Waals surface area (Å²) < 4.78 is 13.6. The number of carboxylic acid groups (broad SMARTS) is 1. The van der Waals surface area contributed by atoms with E-state index in [0.29, 0.717) is 12.0 Å². The highest BCUT2D eigenvalue weighted by Gasteiger charge is 2.20. The van der Waals surface area contributed by atoms with Crippen LogP contribution in [0.5, 0.6) is 0 Å². The fourth-order valence-corrected chi connectivity index (χ4v) is 2.90. The van der Waals surface area contributed by atoms with Crippen LogP contribution in [0.1, 0.15) is 47.4 Å². The Morgan fingerprint density at radius 2 is 2.10 bits per heavy atom. The lowest BCUT2D eigenvalue weighted by atomic mass is 9.93. The largest absolute Gasteiger partial charge is 0.478 e. The van der Waals surface area contributed by atoms with Gasteiger partial charge in [0.1, 0.15) is 5.82 Å². The average molecular weight is 293 g/mol. The molecule has 1 N–H and O–H groups in total. The highest BCUT2D eigenvalue weighted by atomic mass is 32.1. The summed E-state index contributed by atoms with van der Waals surface area (Å²) in [4.78, 5) is 15.7. The number of carbonyl (C=O) groups is 1. The third-order valence-electron chi connectivity index (χ3n) is 2.98. The van der Waals surface area contributed by atoms with E-state index in [1.807, 2.05) is 5.38 Å². The van der Waals surface area contributed by atoms with Gasteiger partial charge in [-0.05, 0) is 11.6 Å². The monoisotopic (exact) mass is 293 g/mol. The Labute approximate surface area is 121 Å². The van der Waals surface area contributed by atoms with Crippen molar-refractivity contribution in [1.82, 2.24) is 4.98 Å². The molecular weight excluding hydrogens is 277 g/mol. The summed E-state index contributed by atoms with van der Waals surface area (Å²) in [6.45, 7) is 6.20. The summed E-state index contributed by atoms with van der Waals surface area (Å²) >= 11 is 1.47. The standard InChI is InChI=1S/C15H16FNO2S/c1-15(2,3)11-8-20-12(17-11)7-9-5-4-6-10(16)13(9)14(18)19/h4-6,8H,7H2,1-3H3,(H,18,19). The highest BCUT2D eigenvalue weighted by molar-refractivity contribution is 7.09. The van der Waals surface area contributed by atoms with E-state index in [1.54, 1.807) is 6.07 Å². The van der Waals surface area contributed by atoms with Crippen molar-refractivity contribution in [3.63, 3.8) is 0 Å². The van der Waals surface area contributed by atoms with Gasteiger partial charge in [-0.3, -0.25) is 0 Å². The molecule has 1 heterocycles. The molecule has 1 aromatic carbocycles. The first-order chi connectivity index (χ1) is 9.29. The van der Waals surface area contributed by atoms with E-state index in [9.17, 15) is 9.18 Å². The first kappa shape index (κ1) is 14.7. The van der Waals surface area contributed by atoms with Gasteiger partial charge in [-0.25, -0.2) is 14.2 Å². The van der Waals surface area contributed by atoms with Crippen LogP contribution < -0.4 is 0 Å². The molecule has 3 nitrogen and oxygen atoms in total. The number of hydrogen-bond donors (Lipinski definition) is 1. The molecule has 1 aromatic heterocycles. The van der Waals surface area contributed by atoms with Crippen LogP contribution in [0.2, 0.25) is 0 Å². The molecule has 106 valence electrons. The first-order valence-corrected chi connectivity index (χ1v) is 7.12. The molecule has 5 heteroatoms. The number of hydrogen-bond acceptors (Lipinski definition) is 3. The molecule has 0 spiro atoms. The van der Waals surface area contributed by atoms with Crippen molar-refractivity contribution in [2.24, 2.45) is 0 Å². The second-order valence-electron chi connectivity index (χ2n) is 5.63. The minimum atomic E-state index is -1.24. The van der Waals surface area contributed by atoms with Crippen molar-refractivity contribution >= 4 is 17.3 Å². The molecule has 2 rings (SSSR count). The fourth-order valence-electron chi connectivity index (χ4n) is 1.86. The van der Waals surface area contributed by atoms with Gasteiger partial charge in [0.2, 0.25) is 0 Å². The maximum absolute atomic E-state index is 13.6. The number of carboxylic acids is 1. The number of thiazole rings is 1. The molecule has 0 aliphatic rings. The summed E-state index contributed by atoms with van der Waals surface area (Å²) in [5, 5.41) is 11.9. The van der Waals surface area contributed by atoms with Crippen LogP contribution in [0.15, 0.2) is 23.6 Å². The topological polar surface area (TPSA) is 50.2 Å². The van der Waals surface area contributed by atoms with Gasteiger partial charge in [0.15, 0.2) is 0 Å². The summed E-state index contributed by atoms with van der Waals surface area (Å²) in [5.74, 6) is -1.95. The third kappa shape index (κ3) is 3.04. The predicted octanol–water partition coefficient (Wildman–Crippen LogP) is 3.87. The normalized spacial score (nSPS) is 11.6. The Balaban J connectivity index is 2.34. The van der Waals surface area contributed by atoms with E-state index in [2.05, 4.69) is 25.8 Å². The molecule has 0 bridgehead atoms. The van der Waals surface area contributed by atoms with Crippen LogP contribution in [0.4, 0.5) is 4.39 Å². The number of aromatic nitrogens is 1. The molecule has 0 aliphatic heterocycles. The molecular formula is C15H16FNO2S. The summed E-state index contributed by atoms with van der Waals surface area (Å²) in [6, 6.07) is 4.31. The van der Waals surface area contributed by atoms with E-state index < -0.39 is 11.8 Å². The minimum absolute atomic E-state index is 0.0493. The van der Waals surface area contributed by atoms with Crippen LogP contribution >= 0.6 is 11.3 Å². The zero-order valence-electron chi connectivity index (χ0n) is 11.6. The third-order valence-corrected chi connectivity index (χ3v) is 3.82. The van der Waals surface area contributed by atoms with Crippen LogP contribution in [0.3, 0.4) is 0 Å². The van der Waals surface area contributed by atoms with Crippen LogP contribution in [-0.2, 0) is 11.8 Å². The molecule has 0 amide bonds. The zero-order chi connectivity index (χ0) is 14.9. The Kier molecular flexibility index (Phi) is 3.90. The lowest BCUT2D eigenvalue weighted by molar-refractivity contribution is 0.0691. The SMILES string of the molecule is CC(C)(C)c1csc(Cc2cccc(F)c2C(=O)O)n1. The number of benzene rings is 1. The van der Waals surface area contributed by atoms with Gasteiger partial charge >= 0.3 is 5.97 Å². The lowest BCUT2D eigenvalue weighted by Gasteiger charge is -2.14. The Hall–Kier alpha value is -1.75. The molecule has 0 saturated heterocycles. The van der Waals surface area contributed by atoms with Gasteiger partial charge in [-0.15, -0.1) is 11.3 Å². The Morgan fingerprint density at radius 3 is 2.65 bits per heavy atom. The van der Waals surface area contributed by atoms with Crippen LogP contribution in [-0.4, -0.2) is 16.1 Å². The van der Waals surface area contributed by atoms with Gasteiger partial charge < -0.3 is 5.11 Å². The molecule has 0 unspecified atom stereocenters. The van der Waals surface area contributed by atoms with Crippen molar-refractivity contribution in [3.05, 3.63) is 51.2 Å². The number of nitrogens with zero attached hydrogens (tertiary/aromatic N) is 1. The van der Waals surface area contributed by atoms with Gasteiger partial charge in [-0.1, -0.05) is 32.9 Å². The Morgan fingerprint density at radius 1 is 1.40 bits per heavy atom. The molecule has 0 radical (unpaired) electrons. The van der Waals surface area contributed by atoms with Crippen LogP contribution in [0.25, 0.3) is 0 Å². The molecule has 0 fully saturated rings. The minimum Gasteiger partial charge on any atom is -0.478 e. The highest BCUT2D eigenvalue weighted by Crippen LogP contribution is 2.26. The van der Waals surface area contributed by atoms with Crippen molar-refractivity contribution in [2.75, 3.05) is 0 Å². The summed E-state index contributed by atoms with van der Waals surface area (Å²) in [5.41, 5.74) is 1.10. The number of halogens is 1. The molecule has 2 aromatic rings. The second-order valence-corrected chi connectivity index (χ2v) is 6.58. The molecule has 0 atom stereocenters. The molecule has 0 saturated carbocycles. The molecule has 20 heavy (non-hydrogen) atoms. The Bertz CT molecular complexity index is 644. The zero-order valence-corrected chi connectivity index (χ0v) is 12.4. The van der Waals surface area contributed by atoms with E-state index >= 15 is 0 Å². The summed E-state index contributed by atoms with van der Waals surface area (Å²) in [7, 11) is 0. The lowest BCUT2D eigenvalue weighted by Crippen LogP contribution is -2.11. The van der Waals surface area contributed by atoms with Crippen molar-refractivity contribution < 1.29 is 14.3 Å². The van der Waals surface area contributed by atoms with Crippen molar-refractivity contribution in [1.29, 1.82) is 0 Å². The second kappa shape index (κ2) is 5.32. The summed E-state index contributed by atoms with van der Waals surface area (Å²) in [6.07, 6.45) is 0.333. The predicted molar refractivity (Wildman–Crippen MR) is 77.0 cm³/mol. The maximum Gasteiger partial charge on any atom is 0.338 e. The van der Waals surface area contributed by atoms with Gasteiger partial charge in [0.05, 0.1) is 16.3 Å². The van der Waals surface area contributed by atoms with E-state index in [4.69, 9.17) is 5.11 Å². The van der Waals surface area contributed by atoms with E-state index in [0.717, 1.165) is 16.8 Å². The molecule has 0 aliphatic carbocycles. The quantitative estimate of drug-likeness (QED) is 0.934. The van der Waals surface area contributed by atoms with E-state index in [-0.39, 0.29) is 11.0 Å². The van der Waals surface area contributed by atoms with Crippen molar-refractivity contribution in [3.8, 4) is 0 Å². The van der Waals surface area contributed by atoms with Crippen LogP contribution in [0, 0.1) is 5.82 Å². The van der Waals surface area contributed by atoms with E-state index in [1.165, 1.54) is 17.4 Å². The first-order valence-electron chi connectivity index (χ1n) is 6.24. The van der Waals surface area contributed by atoms with Gasteiger partial charge in [-0.2, -0.15) is 0 Å². The maximum atomic E-state index is 13.6. The van der Waals surface area contributed by atoms with Crippen molar-refractivity contribution in [2.45, 2.75) is 32.6 Å². The van der Waals surface area contributed by atoms with Gasteiger partial charge in [0.25, 0.3) is 0 Å². The number of aromatic carboxylic acids is 1. The van der Waals surface area contributed by atoms with Gasteiger partial charge in [0, 0.05) is 17.2 Å². The number of rotatable bonds is 3. The smallest absolute Gasteiger partial charge is 0.338 e.